The van der Waals surface area contributed by atoms with E-state index < -0.39 is 24.5 Å². The zero-order valence-electron chi connectivity index (χ0n) is 30.5. The van der Waals surface area contributed by atoms with Gasteiger partial charge in [-0.1, -0.05) is 31.1 Å². The molecule has 4 aliphatic heterocycles. The Labute approximate surface area is 303 Å². The van der Waals surface area contributed by atoms with Crippen molar-refractivity contribution >= 4 is 11.4 Å². The summed E-state index contributed by atoms with van der Waals surface area (Å²) in [6, 6.07) is 9.75. The van der Waals surface area contributed by atoms with Gasteiger partial charge in [-0.2, -0.15) is 5.26 Å². The number of ether oxygens (including phenoxy) is 1. The van der Waals surface area contributed by atoms with Crippen molar-refractivity contribution in [1.29, 1.82) is 5.26 Å². The summed E-state index contributed by atoms with van der Waals surface area (Å²) >= 11 is 0. The van der Waals surface area contributed by atoms with Crippen LogP contribution in [0.25, 0.3) is 0 Å². The Morgan fingerprint density at radius 2 is 1.88 bits per heavy atom. The predicted octanol–water partition coefficient (Wildman–Crippen LogP) is 3.01. The molecule has 0 radical (unpaired) electrons. The third-order valence-corrected chi connectivity index (χ3v) is 13.5. The monoisotopic (exact) mass is 703 g/mol. The minimum atomic E-state index is -1.00. The van der Waals surface area contributed by atoms with E-state index in [-0.39, 0.29) is 36.1 Å². The highest BCUT2D eigenvalue weighted by molar-refractivity contribution is 5.75. The van der Waals surface area contributed by atoms with Gasteiger partial charge in [0.15, 0.2) is 0 Å². The van der Waals surface area contributed by atoms with Crippen LogP contribution < -0.4 is 32.3 Å². The number of benzene rings is 1. The molecule has 2 saturated carbocycles. The third-order valence-electron chi connectivity index (χ3n) is 13.5. The number of hydrogen-bond donors (Lipinski definition) is 8. The molecule has 51 heavy (non-hydrogen) atoms. The quantitative estimate of drug-likeness (QED) is 0.168. The molecule has 4 heterocycles. The molecule has 0 amide bonds. The fraction of sp³-hybridized carbons (Fsp3) is 0.769. The zero-order chi connectivity index (χ0) is 35.3. The molecule has 0 bridgehead atoms. The molecular weight excluding hydrogens is 642 g/mol. The Hall–Kier alpha value is -2.31. The van der Waals surface area contributed by atoms with Crippen LogP contribution in [-0.4, -0.2) is 101 Å². The summed E-state index contributed by atoms with van der Waals surface area (Å²) in [7, 11) is 0. The Morgan fingerprint density at radius 3 is 2.65 bits per heavy atom. The van der Waals surface area contributed by atoms with Crippen LogP contribution in [0.2, 0.25) is 0 Å². The first-order chi connectivity index (χ1) is 24.7. The van der Waals surface area contributed by atoms with Gasteiger partial charge in [-0.3, -0.25) is 20.9 Å². The van der Waals surface area contributed by atoms with Crippen LogP contribution >= 0.6 is 0 Å². The predicted molar refractivity (Wildman–Crippen MR) is 198 cm³/mol. The van der Waals surface area contributed by atoms with Crippen LogP contribution in [0.1, 0.15) is 96.5 Å². The number of nitrogens with one attached hydrogen (secondary N) is 5. The molecule has 10 atom stereocenters. The van der Waals surface area contributed by atoms with Crippen molar-refractivity contribution in [2.75, 3.05) is 23.8 Å². The van der Waals surface area contributed by atoms with E-state index in [0.717, 1.165) is 74.7 Å². The third kappa shape index (κ3) is 6.95. The molecule has 0 aromatic heterocycles. The molecule has 7 aliphatic rings. The molecule has 280 valence electrons. The highest BCUT2D eigenvalue weighted by Gasteiger charge is 2.53. The van der Waals surface area contributed by atoms with E-state index in [1.54, 1.807) is 0 Å². The lowest BCUT2D eigenvalue weighted by Gasteiger charge is -2.46. The summed E-state index contributed by atoms with van der Waals surface area (Å²) in [6.07, 6.45) is 15.0. The fourth-order valence-corrected chi connectivity index (χ4v) is 10.0. The van der Waals surface area contributed by atoms with Gasteiger partial charge in [-0.15, -0.1) is 0 Å². The Morgan fingerprint density at radius 1 is 1.06 bits per heavy atom. The molecule has 1 aromatic carbocycles. The molecule has 1 aromatic rings. The number of hydrogen-bond acceptors (Lipinski definition) is 12. The van der Waals surface area contributed by atoms with Crippen LogP contribution in [0.3, 0.4) is 0 Å². The largest absolute Gasteiger partial charge is 0.387 e. The van der Waals surface area contributed by atoms with Gasteiger partial charge in [0, 0.05) is 24.5 Å². The van der Waals surface area contributed by atoms with Crippen molar-refractivity contribution in [3.8, 4) is 6.07 Å². The lowest BCUT2D eigenvalue weighted by molar-refractivity contribution is -0.115. The molecule has 12 heteroatoms. The standard InChI is InChI=1S/C39H61N9O3/c1-23(2)47(27-17-24(18-27)11-14-31-43-28-13-12-26(19-29(28)44-31)39(21-40)15-8-16-39)20-30-33(49)34(50)38(51-30)48-22-42-32-35(41)45-36(46-37(32)48)25-9-6-4-3-5-7-10-25/h6,9,12-13,19,23-25,27,30-38,42-46,49-50H,3-5,7-8,10-11,14-18,20,22,41H2,1-2H3/b9-6-/t24?,25?,27?,30-,31?,32?,33-,34-,35?,36?,37?,38-/m1/s1. The lowest BCUT2D eigenvalue weighted by atomic mass is 9.65. The minimum absolute atomic E-state index is 0.0332. The summed E-state index contributed by atoms with van der Waals surface area (Å²) in [4.78, 5) is 4.62. The molecule has 9 N–H and O–H groups in total. The number of aliphatic hydroxyl groups excluding tert-OH is 2. The van der Waals surface area contributed by atoms with Gasteiger partial charge in [0.25, 0.3) is 0 Å². The Bertz CT molecular complexity index is 1440. The van der Waals surface area contributed by atoms with Crippen LogP contribution in [0, 0.1) is 23.2 Å². The molecule has 3 saturated heterocycles. The van der Waals surface area contributed by atoms with Gasteiger partial charge in [0.05, 0.1) is 60.2 Å². The average Bonchev–Trinajstić information content (AvgIpc) is 3.75. The molecule has 12 nitrogen and oxygen atoms in total. The number of aliphatic hydroxyl groups is 2. The molecule has 5 fully saturated rings. The van der Waals surface area contributed by atoms with Crippen molar-refractivity contribution in [3.63, 3.8) is 0 Å². The molecule has 3 aliphatic carbocycles. The normalized spacial score (nSPS) is 41.0. The second-order valence-electron chi connectivity index (χ2n) is 17.0. The highest BCUT2D eigenvalue weighted by atomic mass is 16.6. The fourth-order valence-electron chi connectivity index (χ4n) is 10.0. The van der Waals surface area contributed by atoms with Gasteiger partial charge in [-0.25, -0.2) is 4.90 Å². The summed E-state index contributed by atoms with van der Waals surface area (Å²) < 4.78 is 6.59. The average molecular weight is 704 g/mol. The van der Waals surface area contributed by atoms with Crippen molar-refractivity contribution < 1.29 is 14.9 Å². The molecular formula is C39H61N9O3. The first-order valence-corrected chi connectivity index (χ1v) is 20.0. The SMILES string of the molecule is CC(C)N(C[C@H]1O[C@@H](N2CNC3C(N)NC(C4/C=C\CCCCC4)NC32)[C@H](O)[C@@H]1O)C1CC(CCC2Nc3ccc(C4(C#N)CCC4)cc3N2)C1. The van der Waals surface area contributed by atoms with Crippen LogP contribution in [0.4, 0.5) is 11.4 Å². The topological polar surface area (TPSA) is 166 Å². The van der Waals surface area contributed by atoms with Gasteiger partial charge in [-0.05, 0) is 102 Å². The number of nitriles is 1. The Kier molecular flexibility index (Phi) is 10.4. The maximum atomic E-state index is 11.4. The van der Waals surface area contributed by atoms with Crippen LogP contribution in [0.15, 0.2) is 30.4 Å². The van der Waals surface area contributed by atoms with E-state index in [4.69, 9.17) is 10.5 Å². The van der Waals surface area contributed by atoms with E-state index in [1.807, 2.05) is 0 Å². The lowest BCUT2D eigenvalue weighted by Crippen LogP contribution is -2.73. The van der Waals surface area contributed by atoms with Crippen molar-refractivity contribution in [1.82, 2.24) is 25.8 Å². The number of nitrogens with two attached hydrogens (primary N) is 1. The van der Waals surface area contributed by atoms with E-state index in [9.17, 15) is 15.5 Å². The molecule has 8 rings (SSSR count). The maximum Gasteiger partial charge on any atom is 0.142 e. The second-order valence-corrected chi connectivity index (χ2v) is 17.0. The number of nitrogens with zero attached hydrogens (tertiary/aromatic N) is 3. The van der Waals surface area contributed by atoms with Gasteiger partial charge < -0.3 is 31.3 Å². The van der Waals surface area contributed by atoms with Crippen LogP contribution in [0.5, 0.6) is 0 Å². The number of anilines is 2. The van der Waals surface area contributed by atoms with E-state index in [1.165, 1.54) is 19.3 Å². The van der Waals surface area contributed by atoms with Crippen LogP contribution in [-0.2, 0) is 10.2 Å². The molecule has 6 unspecified atom stereocenters. The highest BCUT2D eigenvalue weighted by Crippen LogP contribution is 2.46. The first-order valence-electron chi connectivity index (χ1n) is 20.0. The smallest absolute Gasteiger partial charge is 0.142 e. The van der Waals surface area contributed by atoms with Crippen molar-refractivity contribution in [2.24, 2.45) is 17.6 Å². The van der Waals surface area contributed by atoms with Gasteiger partial charge >= 0.3 is 0 Å². The summed E-state index contributed by atoms with van der Waals surface area (Å²) in [5.41, 5.74) is 9.78. The Balaban J connectivity index is 0.832. The number of rotatable bonds is 10. The molecule has 0 spiro atoms. The number of fused-ring (bicyclic) bond motifs is 2. The van der Waals surface area contributed by atoms with E-state index >= 15 is 0 Å². The maximum absolute atomic E-state index is 11.4. The van der Waals surface area contributed by atoms with Crippen molar-refractivity contribution in [2.45, 2.75) is 164 Å². The summed E-state index contributed by atoms with van der Waals surface area (Å²) in [6.45, 7) is 5.57. The second kappa shape index (κ2) is 14.8. The van der Waals surface area contributed by atoms with E-state index in [0.29, 0.717) is 37.1 Å². The summed E-state index contributed by atoms with van der Waals surface area (Å²) in [5.74, 6) is 1.01. The minimum Gasteiger partial charge on any atom is -0.387 e. The summed E-state index contributed by atoms with van der Waals surface area (Å²) in [5, 5.41) is 50.8. The van der Waals surface area contributed by atoms with E-state index in [2.05, 4.69) is 86.7 Å². The van der Waals surface area contributed by atoms with Crippen molar-refractivity contribution in [3.05, 3.63) is 35.9 Å². The number of allylic oxidation sites excluding steroid dienone is 1. The van der Waals surface area contributed by atoms with Gasteiger partial charge in [0.2, 0.25) is 0 Å². The first kappa shape index (κ1) is 35.7. The van der Waals surface area contributed by atoms with Gasteiger partial charge in [0.1, 0.15) is 24.5 Å². The zero-order valence-corrected chi connectivity index (χ0v) is 30.5.